The molecule has 0 N–H and O–H groups in total. The lowest BCUT2D eigenvalue weighted by Crippen LogP contribution is -2.08. The van der Waals surface area contributed by atoms with Gasteiger partial charge in [-0.2, -0.15) is 0 Å². The normalized spacial score (nSPS) is 10.9. The Labute approximate surface area is 115 Å². The van der Waals surface area contributed by atoms with Crippen molar-refractivity contribution in [2.75, 3.05) is 13.7 Å². The SMILES string of the molecule is COC(=O)Cc1ccc(OCC(C)C)c(C(C)C)c1. The minimum atomic E-state index is -0.217. The largest absolute Gasteiger partial charge is 0.493 e. The Hall–Kier alpha value is -1.51. The molecule has 0 bridgehead atoms. The van der Waals surface area contributed by atoms with Crippen LogP contribution in [-0.2, 0) is 16.0 Å². The maximum absolute atomic E-state index is 11.3. The molecule has 0 amide bonds. The number of rotatable bonds is 6. The molecule has 0 unspecified atom stereocenters. The van der Waals surface area contributed by atoms with Gasteiger partial charge >= 0.3 is 5.97 Å². The summed E-state index contributed by atoms with van der Waals surface area (Å²) in [4.78, 5) is 11.3. The fourth-order valence-electron chi connectivity index (χ4n) is 1.79. The highest BCUT2D eigenvalue weighted by molar-refractivity contribution is 5.72. The minimum Gasteiger partial charge on any atom is -0.493 e. The summed E-state index contributed by atoms with van der Waals surface area (Å²) in [6.45, 7) is 9.20. The summed E-state index contributed by atoms with van der Waals surface area (Å²) in [6, 6.07) is 5.92. The van der Waals surface area contributed by atoms with Gasteiger partial charge in [0.25, 0.3) is 0 Å². The summed E-state index contributed by atoms with van der Waals surface area (Å²) < 4.78 is 10.5. The van der Waals surface area contributed by atoms with Gasteiger partial charge in [-0.3, -0.25) is 4.79 Å². The van der Waals surface area contributed by atoms with Gasteiger partial charge in [-0.25, -0.2) is 0 Å². The van der Waals surface area contributed by atoms with Crippen LogP contribution in [0.5, 0.6) is 5.75 Å². The van der Waals surface area contributed by atoms with Crippen LogP contribution in [0.25, 0.3) is 0 Å². The van der Waals surface area contributed by atoms with E-state index < -0.39 is 0 Å². The second kappa shape index (κ2) is 7.17. The van der Waals surface area contributed by atoms with Crippen molar-refractivity contribution < 1.29 is 14.3 Å². The summed E-state index contributed by atoms with van der Waals surface area (Å²) >= 11 is 0. The average molecular weight is 264 g/mol. The van der Waals surface area contributed by atoms with Crippen LogP contribution < -0.4 is 4.74 Å². The molecule has 1 rings (SSSR count). The number of methoxy groups -OCH3 is 1. The molecule has 0 saturated heterocycles. The monoisotopic (exact) mass is 264 g/mol. The molecule has 0 spiro atoms. The Bertz CT molecular complexity index is 422. The molecule has 0 aromatic heterocycles. The zero-order chi connectivity index (χ0) is 14.4. The molecule has 0 aliphatic rings. The smallest absolute Gasteiger partial charge is 0.309 e. The molecule has 0 aliphatic heterocycles. The standard InChI is InChI=1S/C16H24O3/c1-11(2)10-19-15-7-6-13(9-16(17)18-5)8-14(15)12(3)4/h6-8,11-12H,9-10H2,1-5H3. The van der Waals surface area contributed by atoms with Gasteiger partial charge < -0.3 is 9.47 Å². The van der Waals surface area contributed by atoms with Crippen LogP contribution in [0.2, 0.25) is 0 Å². The molecule has 1 aromatic carbocycles. The van der Waals surface area contributed by atoms with Crippen LogP contribution in [-0.4, -0.2) is 19.7 Å². The summed E-state index contributed by atoms with van der Waals surface area (Å²) in [7, 11) is 1.41. The topological polar surface area (TPSA) is 35.5 Å². The van der Waals surface area contributed by atoms with E-state index in [0.29, 0.717) is 24.9 Å². The zero-order valence-electron chi connectivity index (χ0n) is 12.5. The van der Waals surface area contributed by atoms with E-state index in [4.69, 9.17) is 9.47 Å². The lowest BCUT2D eigenvalue weighted by molar-refractivity contribution is -0.139. The van der Waals surface area contributed by atoms with Gasteiger partial charge in [0.1, 0.15) is 5.75 Å². The first kappa shape index (κ1) is 15.5. The first-order valence-corrected chi connectivity index (χ1v) is 6.76. The molecule has 19 heavy (non-hydrogen) atoms. The Morgan fingerprint density at radius 2 is 1.89 bits per heavy atom. The van der Waals surface area contributed by atoms with Crippen molar-refractivity contribution in [2.24, 2.45) is 5.92 Å². The van der Waals surface area contributed by atoms with Gasteiger partial charge in [-0.1, -0.05) is 39.8 Å². The van der Waals surface area contributed by atoms with E-state index in [1.54, 1.807) is 0 Å². The molecule has 1 aromatic rings. The van der Waals surface area contributed by atoms with E-state index >= 15 is 0 Å². The van der Waals surface area contributed by atoms with E-state index in [0.717, 1.165) is 16.9 Å². The number of carbonyl (C=O) groups excluding carboxylic acids is 1. The highest BCUT2D eigenvalue weighted by Gasteiger charge is 2.11. The van der Waals surface area contributed by atoms with Crippen LogP contribution >= 0.6 is 0 Å². The van der Waals surface area contributed by atoms with Crippen molar-refractivity contribution in [2.45, 2.75) is 40.0 Å². The third kappa shape index (κ3) is 4.93. The quantitative estimate of drug-likeness (QED) is 0.737. The van der Waals surface area contributed by atoms with Crippen molar-refractivity contribution in [3.05, 3.63) is 29.3 Å². The number of hydrogen-bond acceptors (Lipinski definition) is 3. The van der Waals surface area contributed by atoms with E-state index in [1.165, 1.54) is 7.11 Å². The number of benzene rings is 1. The van der Waals surface area contributed by atoms with E-state index in [2.05, 4.69) is 27.7 Å². The molecule has 106 valence electrons. The molecule has 0 radical (unpaired) electrons. The fraction of sp³-hybridized carbons (Fsp3) is 0.562. The Morgan fingerprint density at radius 3 is 2.42 bits per heavy atom. The molecular weight excluding hydrogens is 240 g/mol. The Morgan fingerprint density at radius 1 is 1.21 bits per heavy atom. The third-order valence-corrected chi connectivity index (χ3v) is 2.84. The second-order valence-corrected chi connectivity index (χ2v) is 5.48. The first-order chi connectivity index (χ1) is 8.93. The van der Waals surface area contributed by atoms with Gasteiger partial charge in [0.05, 0.1) is 20.1 Å². The maximum Gasteiger partial charge on any atom is 0.309 e. The molecule has 0 saturated carbocycles. The van der Waals surface area contributed by atoms with Crippen LogP contribution in [0.15, 0.2) is 18.2 Å². The van der Waals surface area contributed by atoms with Crippen molar-refractivity contribution in [1.29, 1.82) is 0 Å². The van der Waals surface area contributed by atoms with Gasteiger partial charge in [-0.15, -0.1) is 0 Å². The van der Waals surface area contributed by atoms with Gasteiger partial charge in [0, 0.05) is 0 Å². The van der Waals surface area contributed by atoms with Crippen LogP contribution in [0.4, 0.5) is 0 Å². The van der Waals surface area contributed by atoms with Crippen molar-refractivity contribution >= 4 is 5.97 Å². The van der Waals surface area contributed by atoms with E-state index in [-0.39, 0.29) is 5.97 Å². The van der Waals surface area contributed by atoms with E-state index in [9.17, 15) is 4.79 Å². The molecule has 0 aliphatic carbocycles. The summed E-state index contributed by atoms with van der Waals surface area (Å²) in [6.07, 6.45) is 0.306. The first-order valence-electron chi connectivity index (χ1n) is 6.76. The number of hydrogen-bond donors (Lipinski definition) is 0. The highest BCUT2D eigenvalue weighted by Crippen LogP contribution is 2.28. The lowest BCUT2D eigenvalue weighted by atomic mass is 9.98. The maximum atomic E-state index is 11.3. The van der Waals surface area contributed by atoms with Gasteiger partial charge in [-0.05, 0) is 29.0 Å². The van der Waals surface area contributed by atoms with Crippen molar-refractivity contribution in [3.63, 3.8) is 0 Å². The van der Waals surface area contributed by atoms with Crippen LogP contribution in [0, 0.1) is 5.92 Å². The number of carbonyl (C=O) groups is 1. The predicted octanol–water partition coefficient (Wildman–Crippen LogP) is 3.56. The number of ether oxygens (including phenoxy) is 2. The predicted molar refractivity (Wildman–Crippen MR) is 76.6 cm³/mol. The summed E-state index contributed by atoms with van der Waals surface area (Å²) in [5.74, 6) is 1.55. The summed E-state index contributed by atoms with van der Waals surface area (Å²) in [5.41, 5.74) is 2.11. The Kier molecular flexibility index (Phi) is 5.87. The Balaban J connectivity index is 2.91. The highest BCUT2D eigenvalue weighted by atomic mass is 16.5. The van der Waals surface area contributed by atoms with Gasteiger partial charge in [0.2, 0.25) is 0 Å². The third-order valence-electron chi connectivity index (χ3n) is 2.84. The minimum absolute atomic E-state index is 0.217. The van der Waals surface area contributed by atoms with E-state index in [1.807, 2.05) is 18.2 Å². The van der Waals surface area contributed by atoms with Crippen LogP contribution in [0.1, 0.15) is 44.7 Å². The zero-order valence-corrected chi connectivity index (χ0v) is 12.5. The molecule has 0 atom stereocenters. The van der Waals surface area contributed by atoms with Crippen LogP contribution in [0.3, 0.4) is 0 Å². The van der Waals surface area contributed by atoms with Crippen molar-refractivity contribution in [3.8, 4) is 5.75 Å². The molecular formula is C16H24O3. The molecule has 0 heterocycles. The lowest BCUT2D eigenvalue weighted by Gasteiger charge is -2.16. The molecule has 0 fully saturated rings. The van der Waals surface area contributed by atoms with Crippen molar-refractivity contribution in [1.82, 2.24) is 0 Å². The second-order valence-electron chi connectivity index (χ2n) is 5.48. The molecule has 3 nitrogen and oxygen atoms in total. The average Bonchev–Trinajstić information content (AvgIpc) is 2.36. The summed E-state index contributed by atoms with van der Waals surface area (Å²) in [5, 5.41) is 0. The molecule has 3 heteroatoms. The fourth-order valence-corrected chi connectivity index (χ4v) is 1.79. The number of esters is 1. The van der Waals surface area contributed by atoms with Gasteiger partial charge in [0.15, 0.2) is 0 Å².